The number of hydrogen-bond acceptors (Lipinski definition) is 6. The zero-order chi connectivity index (χ0) is 23.9. The van der Waals surface area contributed by atoms with E-state index >= 15 is 0 Å². The number of nitrogens with zero attached hydrogens (tertiary/aromatic N) is 4. The lowest BCUT2D eigenvalue weighted by Crippen LogP contribution is -2.22. The molecule has 1 N–H and O–H groups in total. The molecular weight excluding hydrogens is 450 g/mol. The van der Waals surface area contributed by atoms with Crippen molar-refractivity contribution in [3.8, 4) is 29.1 Å². The summed E-state index contributed by atoms with van der Waals surface area (Å²) in [5.41, 5.74) is 3.66. The molecule has 4 aromatic rings. The highest BCUT2D eigenvalue weighted by Gasteiger charge is 2.31. The van der Waals surface area contributed by atoms with E-state index in [1.54, 1.807) is 44.4 Å². The maximum absolute atomic E-state index is 12.2. The minimum atomic E-state index is -3.44. The van der Waals surface area contributed by atoms with E-state index in [9.17, 15) is 13.7 Å². The summed E-state index contributed by atoms with van der Waals surface area (Å²) in [6, 6.07) is 17.4. The Hall–Kier alpha value is -3.90. The van der Waals surface area contributed by atoms with Gasteiger partial charge >= 0.3 is 6.01 Å². The molecule has 0 radical (unpaired) electrons. The maximum atomic E-state index is 12.2. The number of fused-ring (bicyclic) bond motifs is 1. The first-order chi connectivity index (χ1) is 16.4. The first-order valence-electron chi connectivity index (χ1n) is 11.0. The van der Waals surface area contributed by atoms with Crippen LogP contribution in [-0.4, -0.2) is 28.2 Å². The Morgan fingerprint density at radius 3 is 2.44 bits per heavy atom. The van der Waals surface area contributed by atoms with Gasteiger partial charge in [-0.2, -0.15) is 5.26 Å². The smallest absolute Gasteiger partial charge is 0.321 e. The SMILES string of the molecule is CC(C)S(=O)(=O)Nc1ccc(-c2c(C#N)c3ccc(Oc4ncccn4)cc3n2C2CC2)cc1. The van der Waals surface area contributed by atoms with E-state index in [1.807, 2.05) is 30.3 Å². The summed E-state index contributed by atoms with van der Waals surface area (Å²) in [6.07, 6.45) is 5.29. The molecule has 1 aliphatic rings. The van der Waals surface area contributed by atoms with Gasteiger partial charge in [-0.15, -0.1) is 0 Å². The molecule has 0 amide bonds. The Morgan fingerprint density at radius 1 is 1.12 bits per heavy atom. The van der Waals surface area contributed by atoms with Gasteiger partial charge in [0.25, 0.3) is 0 Å². The van der Waals surface area contributed by atoms with E-state index in [-0.39, 0.29) is 6.01 Å². The topological polar surface area (TPSA) is 110 Å². The van der Waals surface area contributed by atoms with Crippen LogP contribution in [0.25, 0.3) is 22.2 Å². The van der Waals surface area contributed by atoms with E-state index in [2.05, 4.69) is 25.3 Å². The van der Waals surface area contributed by atoms with Crippen molar-refractivity contribution in [2.45, 2.75) is 38.0 Å². The predicted octanol–water partition coefficient (Wildman–Crippen LogP) is 5.25. The second-order valence-corrected chi connectivity index (χ2v) is 10.8. The number of anilines is 1. The van der Waals surface area contributed by atoms with Crippen molar-refractivity contribution in [2.75, 3.05) is 4.72 Å². The number of ether oxygens (including phenoxy) is 1. The fourth-order valence-corrected chi connectivity index (χ4v) is 4.58. The van der Waals surface area contributed by atoms with E-state index in [0.29, 0.717) is 23.0 Å². The molecular formula is C25H23N5O3S. The number of hydrogen-bond donors (Lipinski definition) is 1. The van der Waals surface area contributed by atoms with Gasteiger partial charge in [-0.25, -0.2) is 18.4 Å². The average Bonchev–Trinajstić information content (AvgIpc) is 3.61. The Morgan fingerprint density at radius 2 is 1.82 bits per heavy atom. The number of nitriles is 1. The quantitative estimate of drug-likeness (QED) is 0.393. The second-order valence-electron chi connectivity index (χ2n) is 8.52. The lowest BCUT2D eigenvalue weighted by molar-refractivity contribution is 0.442. The molecule has 1 saturated carbocycles. The minimum Gasteiger partial charge on any atom is -0.424 e. The Bertz CT molecular complexity index is 1500. The van der Waals surface area contributed by atoms with Crippen molar-refractivity contribution in [2.24, 2.45) is 0 Å². The normalized spacial score (nSPS) is 13.7. The Kier molecular flexibility index (Phi) is 5.46. The molecule has 34 heavy (non-hydrogen) atoms. The third kappa shape index (κ3) is 4.08. The van der Waals surface area contributed by atoms with Crippen molar-refractivity contribution in [1.82, 2.24) is 14.5 Å². The van der Waals surface area contributed by atoms with Gasteiger partial charge in [-0.3, -0.25) is 4.72 Å². The summed E-state index contributed by atoms with van der Waals surface area (Å²) >= 11 is 0. The molecule has 2 heterocycles. The number of aromatic nitrogens is 3. The van der Waals surface area contributed by atoms with E-state index in [4.69, 9.17) is 4.74 Å². The van der Waals surface area contributed by atoms with Gasteiger partial charge in [0.2, 0.25) is 10.0 Å². The van der Waals surface area contributed by atoms with Crippen LogP contribution in [0, 0.1) is 11.3 Å². The largest absolute Gasteiger partial charge is 0.424 e. The number of benzene rings is 2. The Labute approximate surface area is 197 Å². The molecule has 0 bridgehead atoms. The predicted molar refractivity (Wildman–Crippen MR) is 130 cm³/mol. The minimum absolute atomic E-state index is 0.256. The third-order valence-electron chi connectivity index (χ3n) is 5.79. The van der Waals surface area contributed by atoms with Crippen LogP contribution in [0.3, 0.4) is 0 Å². The summed E-state index contributed by atoms with van der Waals surface area (Å²) in [5, 5.41) is 10.4. The van der Waals surface area contributed by atoms with Gasteiger partial charge in [0, 0.05) is 35.6 Å². The van der Waals surface area contributed by atoms with Gasteiger partial charge in [0.05, 0.1) is 22.0 Å². The molecule has 5 rings (SSSR count). The van der Waals surface area contributed by atoms with Crippen LogP contribution >= 0.6 is 0 Å². The monoisotopic (exact) mass is 473 g/mol. The summed E-state index contributed by atoms with van der Waals surface area (Å²) in [4.78, 5) is 8.23. The van der Waals surface area contributed by atoms with Crippen LogP contribution in [-0.2, 0) is 10.0 Å². The highest BCUT2D eigenvalue weighted by Crippen LogP contribution is 2.45. The molecule has 1 aliphatic carbocycles. The summed E-state index contributed by atoms with van der Waals surface area (Å²) in [7, 11) is -3.44. The molecule has 8 nitrogen and oxygen atoms in total. The van der Waals surface area contributed by atoms with Crippen molar-refractivity contribution < 1.29 is 13.2 Å². The van der Waals surface area contributed by atoms with Crippen molar-refractivity contribution in [3.05, 3.63) is 66.5 Å². The number of rotatable bonds is 7. The molecule has 172 valence electrons. The van der Waals surface area contributed by atoms with Gasteiger partial charge in [-0.05, 0) is 62.6 Å². The van der Waals surface area contributed by atoms with Crippen LogP contribution < -0.4 is 9.46 Å². The van der Waals surface area contributed by atoms with Gasteiger partial charge in [-0.1, -0.05) is 12.1 Å². The zero-order valence-corrected chi connectivity index (χ0v) is 19.6. The molecule has 9 heteroatoms. The summed E-state index contributed by atoms with van der Waals surface area (Å²) < 4.78 is 35.0. The molecule has 0 atom stereocenters. The standard InChI is InChI=1S/C25H23N5O3S/c1-16(2)34(31,32)29-18-6-4-17(5-7-18)24-22(15-26)21-11-10-20(33-25-27-12-3-13-28-25)14-23(21)30(24)19-8-9-19/h3-7,10-14,16,19,29H,8-9H2,1-2H3. The van der Waals surface area contributed by atoms with E-state index < -0.39 is 15.3 Å². The average molecular weight is 474 g/mol. The first-order valence-corrected chi connectivity index (χ1v) is 12.6. The Balaban J connectivity index is 1.58. The third-order valence-corrected chi connectivity index (χ3v) is 7.55. The highest BCUT2D eigenvalue weighted by molar-refractivity contribution is 7.93. The van der Waals surface area contributed by atoms with Crippen molar-refractivity contribution in [3.63, 3.8) is 0 Å². The van der Waals surface area contributed by atoms with Crippen molar-refractivity contribution in [1.29, 1.82) is 5.26 Å². The van der Waals surface area contributed by atoms with Crippen LogP contribution in [0.15, 0.2) is 60.9 Å². The van der Waals surface area contributed by atoms with Crippen molar-refractivity contribution >= 4 is 26.6 Å². The number of sulfonamides is 1. The summed E-state index contributed by atoms with van der Waals surface area (Å²) in [6.45, 7) is 3.26. The lowest BCUT2D eigenvalue weighted by atomic mass is 10.1. The number of nitrogens with one attached hydrogen (secondary N) is 1. The molecule has 0 aliphatic heterocycles. The van der Waals surface area contributed by atoms with Gasteiger partial charge < -0.3 is 9.30 Å². The van der Waals surface area contributed by atoms with Gasteiger partial charge in [0.15, 0.2) is 0 Å². The first kappa shape index (κ1) is 21.9. The molecule has 0 saturated heterocycles. The molecule has 0 spiro atoms. The lowest BCUT2D eigenvalue weighted by Gasteiger charge is -2.13. The van der Waals surface area contributed by atoms with Crippen LogP contribution in [0.4, 0.5) is 5.69 Å². The fourth-order valence-electron chi connectivity index (χ4n) is 3.88. The van der Waals surface area contributed by atoms with Gasteiger partial charge in [0.1, 0.15) is 11.8 Å². The van der Waals surface area contributed by atoms with Crippen LogP contribution in [0.5, 0.6) is 11.8 Å². The highest BCUT2D eigenvalue weighted by atomic mass is 32.2. The maximum Gasteiger partial charge on any atom is 0.321 e. The zero-order valence-electron chi connectivity index (χ0n) is 18.8. The molecule has 0 unspecified atom stereocenters. The second kappa shape index (κ2) is 8.47. The van der Waals surface area contributed by atoms with Crippen LogP contribution in [0.2, 0.25) is 0 Å². The van der Waals surface area contributed by atoms with Crippen LogP contribution in [0.1, 0.15) is 38.3 Å². The van der Waals surface area contributed by atoms with E-state index in [1.165, 1.54) is 0 Å². The molecule has 2 aromatic heterocycles. The molecule has 2 aromatic carbocycles. The van der Waals surface area contributed by atoms with E-state index in [0.717, 1.165) is 35.0 Å². The molecule has 1 fully saturated rings. The summed E-state index contributed by atoms with van der Waals surface area (Å²) in [5.74, 6) is 0.590. The fraction of sp³-hybridized carbons (Fsp3) is 0.240.